The van der Waals surface area contributed by atoms with Crippen LogP contribution < -0.4 is 10.6 Å². The number of rotatable bonds is 4. The number of amides is 1. The average molecular weight is 248 g/mol. The monoisotopic (exact) mass is 248 g/mol. The van der Waals surface area contributed by atoms with E-state index in [-0.39, 0.29) is 23.5 Å². The predicted molar refractivity (Wildman–Crippen MR) is 75.4 cm³/mol. The van der Waals surface area contributed by atoms with Gasteiger partial charge in [-0.15, -0.1) is 0 Å². The van der Waals surface area contributed by atoms with Gasteiger partial charge in [0.2, 0.25) is 5.91 Å². The van der Waals surface area contributed by atoms with E-state index in [0.29, 0.717) is 0 Å². The second kappa shape index (κ2) is 6.01. The SMILES string of the molecule is CC(C)NC(C(=O)NC(C)(C)C)c1ccccc1. The Morgan fingerprint density at radius 3 is 2.11 bits per heavy atom. The van der Waals surface area contributed by atoms with E-state index in [4.69, 9.17) is 0 Å². The van der Waals surface area contributed by atoms with Crippen molar-refractivity contribution in [2.75, 3.05) is 0 Å². The van der Waals surface area contributed by atoms with Gasteiger partial charge in [0.15, 0.2) is 0 Å². The second-order valence-electron chi connectivity index (χ2n) is 5.90. The Morgan fingerprint density at radius 1 is 1.11 bits per heavy atom. The average Bonchev–Trinajstić information content (AvgIpc) is 2.24. The third-order valence-corrected chi connectivity index (χ3v) is 2.39. The maximum absolute atomic E-state index is 12.3. The molecule has 18 heavy (non-hydrogen) atoms. The summed E-state index contributed by atoms with van der Waals surface area (Å²) in [6, 6.07) is 9.76. The first-order chi connectivity index (χ1) is 8.29. The highest BCUT2D eigenvalue weighted by Crippen LogP contribution is 2.15. The van der Waals surface area contributed by atoms with Gasteiger partial charge < -0.3 is 5.32 Å². The van der Waals surface area contributed by atoms with E-state index in [9.17, 15) is 4.79 Å². The van der Waals surface area contributed by atoms with E-state index in [0.717, 1.165) is 5.56 Å². The zero-order valence-corrected chi connectivity index (χ0v) is 11.9. The Bertz CT molecular complexity index is 379. The highest BCUT2D eigenvalue weighted by atomic mass is 16.2. The van der Waals surface area contributed by atoms with Crippen molar-refractivity contribution in [3.05, 3.63) is 35.9 Å². The lowest BCUT2D eigenvalue weighted by atomic mass is 10.0. The van der Waals surface area contributed by atoms with Gasteiger partial charge in [-0.25, -0.2) is 0 Å². The van der Waals surface area contributed by atoms with Crippen molar-refractivity contribution in [3.8, 4) is 0 Å². The normalized spacial score (nSPS) is 13.4. The summed E-state index contributed by atoms with van der Waals surface area (Å²) >= 11 is 0. The van der Waals surface area contributed by atoms with Crippen LogP contribution in [0.1, 0.15) is 46.2 Å². The van der Waals surface area contributed by atoms with Gasteiger partial charge in [0.05, 0.1) is 0 Å². The molecule has 1 unspecified atom stereocenters. The molecule has 0 fully saturated rings. The molecule has 0 heterocycles. The van der Waals surface area contributed by atoms with Crippen LogP contribution in [0.2, 0.25) is 0 Å². The maximum atomic E-state index is 12.3. The molecule has 0 spiro atoms. The predicted octanol–water partition coefficient (Wildman–Crippen LogP) is 2.64. The number of nitrogens with one attached hydrogen (secondary N) is 2. The van der Waals surface area contributed by atoms with Gasteiger partial charge in [-0.2, -0.15) is 0 Å². The number of hydrogen-bond donors (Lipinski definition) is 2. The molecule has 0 radical (unpaired) electrons. The van der Waals surface area contributed by atoms with E-state index >= 15 is 0 Å². The van der Waals surface area contributed by atoms with Crippen molar-refractivity contribution in [2.45, 2.75) is 52.2 Å². The molecule has 0 aromatic heterocycles. The zero-order valence-electron chi connectivity index (χ0n) is 11.9. The lowest BCUT2D eigenvalue weighted by Crippen LogP contribution is -2.47. The Balaban J connectivity index is 2.89. The molecule has 0 aliphatic rings. The molecule has 100 valence electrons. The molecule has 1 amide bonds. The Labute approximate surface area is 110 Å². The maximum Gasteiger partial charge on any atom is 0.242 e. The summed E-state index contributed by atoms with van der Waals surface area (Å²) in [5.74, 6) is 0.0161. The van der Waals surface area contributed by atoms with Gasteiger partial charge in [-0.1, -0.05) is 30.3 Å². The largest absolute Gasteiger partial charge is 0.350 e. The third kappa shape index (κ3) is 4.88. The van der Waals surface area contributed by atoms with Crippen LogP contribution in [0.5, 0.6) is 0 Å². The Kier molecular flexibility index (Phi) is 4.91. The molecule has 3 heteroatoms. The van der Waals surface area contributed by atoms with Crippen molar-refractivity contribution in [1.29, 1.82) is 0 Å². The molecule has 1 aromatic carbocycles. The molecule has 1 atom stereocenters. The van der Waals surface area contributed by atoms with Crippen LogP contribution in [-0.2, 0) is 4.79 Å². The van der Waals surface area contributed by atoms with E-state index in [1.54, 1.807) is 0 Å². The second-order valence-corrected chi connectivity index (χ2v) is 5.90. The minimum atomic E-state index is -0.301. The Morgan fingerprint density at radius 2 is 1.67 bits per heavy atom. The molecule has 0 saturated carbocycles. The van der Waals surface area contributed by atoms with Crippen LogP contribution in [0.15, 0.2) is 30.3 Å². The number of benzene rings is 1. The summed E-state index contributed by atoms with van der Waals surface area (Å²) in [5, 5.41) is 6.33. The molecular weight excluding hydrogens is 224 g/mol. The standard InChI is InChI=1S/C15H24N2O/c1-11(2)16-13(12-9-7-6-8-10-12)14(18)17-15(3,4)5/h6-11,13,16H,1-5H3,(H,17,18). The summed E-state index contributed by atoms with van der Waals surface area (Å²) < 4.78 is 0. The zero-order chi connectivity index (χ0) is 13.8. The highest BCUT2D eigenvalue weighted by molar-refractivity contribution is 5.83. The van der Waals surface area contributed by atoms with E-state index < -0.39 is 0 Å². The van der Waals surface area contributed by atoms with Crippen LogP contribution >= 0.6 is 0 Å². The quantitative estimate of drug-likeness (QED) is 0.860. The van der Waals surface area contributed by atoms with Gasteiger partial charge >= 0.3 is 0 Å². The first-order valence-electron chi connectivity index (χ1n) is 6.42. The summed E-state index contributed by atoms with van der Waals surface area (Å²) in [6.07, 6.45) is 0. The molecular formula is C15H24N2O. The van der Waals surface area contributed by atoms with Crippen LogP contribution in [0.25, 0.3) is 0 Å². The van der Waals surface area contributed by atoms with Crippen LogP contribution in [0.4, 0.5) is 0 Å². The summed E-state index contributed by atoms with van der Waals surface area (Å²) in [7, 11) is 0. The minimum Gasteiger partial charge on any atom is -0.350 e. The van der Waals surface area contributed by atoms with Gasteiger partial charge in [0.1, 0.15) is 6.04 Å². The lowest BCUT2D eigenvalue weighted by Gasteiger charge is -2.27. The van der Waals surface area contributed by atoms with Crippen LogP contribution in [-0.4, -0.2) is 17.5 Å². The van der Waals surface area contributed by atoms with E-state index in [2.05, 4.69) is 10.6 Å². The first-order valence-corrected chi connectivity index (χ1v) is 6.42. The lowest BCUT2D eigenvalue weighted by molar-refractivity contribution is -0.124. The van der Waals surface area contributed by atoms with Crippen molar-refractivity contribution in [3.63, 3.8) is 0 Å². The fraction of sp³-hybridized carbons (Fsp3) is 0.533. The van der Waals surface area contributed by atoms with E-state index in [1.807, 2.05) is 65.0 Å². The summed E-state index contributed by atoms with van der Waals surface area (Å²) in [5.41, 5.74) is 0.774. The number of hydrogen-bond acceptors (Lipinski definition) is 2. The fourth-order valence-corrected chi connectivity index (χ4v) is 1.74. The van der Waals surface area contributed by atoms with Gasteiger partial charge in [0, 0.05) is 11.6 Å². The fourth-order valence-electron chi connectivity index (χ4n) is 1.74. The van der Waals surface area contributed by atoms with Crippen LogP contribution in [0, 0.1) is 0 Å². The van der Waals surface area contributed by atoms with Crippen molar-refractivity contribution in [1.82, 2.24) is 10.6 Å². The van der Waals surface area contributed by atoms with Crippen molar-refractivity contribution >= 4 is 5.91 Å². The third-order valence-electron chi connectivity index (χ3n) is 2.39. The molecule has 1 aromatic rings. The van der Waals surface area contributed by atoms with Gasteiger partial charge in [-0.3, -0.25) is 10.1 Å². The van der Waals surface area contributed by atoms with E-state index in [1.165, 1.54) is 0 Å². The molecule has 0 saturated heterocycles. The molecule has 1 rings (SSSR count). The number of carbonyl (C=O) groups excluding carboxylic acids is 1. The van der Waals surface area contributed by atoms with Crippen LogP contribution in [0.3, 0.4) is 0 Å². The summed E-state index contributed by atoms with van der Waals surface area (Å²) in [6.45, 7) is 10.0. The molecule has 0 aliphatic carbocycles. The number of carbonyl (C=O) groups is 1. The molecule has 0 bridgehead atoms. The molecule has 3 nitrogen and oxygen atoms in total. The topological polar surface area (TPSA) is 41.1 Å². The van der Waals surface area contributed by atoms with Crippen molar-refractivity contribution in [2.24, 2.45) is 0 Å². The smallest absolute Gasteiger partial charge is 0.242 e. The minimum absolute atomic E-state index is 0.0161. The molecule has 0 aliphatic heterocycles. The molecule has 2 N–H and O–H groups in total. The van der Waals surface area contributed by atoms with Gasteiger partial charge in [0.25, 0.3) is 0 Å². The summed E-state index contributed by atoms with van der Waals surface area (Å²) in [4.78, 5) is 12.3. The Hall–Kier alpha value is -1.35. The highest BCUT2D eigenvalue weighted by Gasteiger charge is 2.24. The van der Waals surface area contributed by atoms with Gasteiger partial charge in [-0.05, 0) is 40.2 Å². The van der Waals surface area contributed by atoms with Crippen molar-refractivity contribution < 1.29 is 4.79 Å². The first kappa shape index (κ1) is 14.7.